The zero-order valence-electron chi connectivity index (χ0n) is 14.8. The van der Waals surface area contributed by atoms with Crippen LogP contribution in [0.1, 0.15) is 19.4 Å². The second-order valence-electron chi connectivity index (χ2n) is 5.70. The summed E-state index contributed by atoms with van der Waals surface area (Å²) in [5, 5.41) is 8.84. The lowest BCUT2D eigenvalue weighted by Gasteiger charge is -2.19. The minimum atomic E-state index is -4.49. The second kappa shape index (κ2) is 8.85. The van der Waals surface area contributed by atoms with Crippen molar-refractivity contribution in [2.75, 3.05) is 0 Å². The molecule has 148 valence electrons. The van der Waals surface area contributed by atoms with E-state index in [0.29, 0.717) is 11.5 Å². The van der Waals surface area contributed by atoms with Crippen molar-refractivity contribution in [2.45, 2.75) is 32.2 Å². The third kappa shape index (κ3) is 5.79. The van der Waals surface area contributed by atoms with E-state index < -0.39 is 29.9 Å². The summed E-state index contributed by atoms with van der Waals surface area (Å²) in [5.74, 6) is 0.166. The summed E-state index contributed by atoms with van der Waals surface area (Å²) in [6.45, 7) is 2.76. The molecule has 0 aliphatic heterocycles. The maximum atomic E-state index is 12.7. The number of carbonyl (C=O) groups is 1. The predicted octanol–water partition coefficient (Wildman–Crippen LogP) is 5.37. The lowest BCUT2D eigenvalue weighted by molar-refractivity contribution is -0.147. The highest BCUT2D eigenvalue weighted by atomic mass is 35.5. The number of alkyl halides is 3. The Morgan fingerprint density at radius 2 is 1.75 bits per heavy atom. The molecular formula is C19H15ClF3NO4. The lowest BCUT2D eigenvalue weighted by atomic mass is 10.2. The van der Waals surface area contributed by atoms with E-state index in [2.05, 4.69) is 0 Å². The zero-order valence-corrected chi connectivity index (χ0v) is 15.5. The van der Waals surface area contributed by atoms with Gasteiger partial charge >= 0.3 is 12.1 Å². The fourth-order valence-corrected chi connectivity index (χ4v) is 2.37. The summed E-state index contributed by atoms with van der Waals surface area (Å²) < 4.78 is 53.9. The maximum absolute atomic E-state index is 12.7. The topological polar surface area (TPSA) is 68.6 Å². The molecule has 2 aromatic rings. The smallest absolute Gasteiger partial charge is 0.416 e. The van der Waals surface area contributed by atoms with Crippen molar-refractivity contribution in [3.8, 4) is 23.3 Å². The first-order chi connectivity index (χ1) is 13.1. The molecule has 28 heavy (non-hydrogen) atoms. The van der Waals surface area contributed by atoms with E-state index in [1.54, 1.807) is 6.92 Å². The van der Waals surface area contributed by atoms with Crippen LogP contribution in [0, 0.1) is 11.3 Å². The van der Waals surface area contributed by atoms with Crippen LogP contribution in [0.2, 0.25) is 5.02 Å². The number of nitrogens with zero attached hydrogens (tertiary/aromatic N) is 1. The molecular weight excluding hydrogens is 399 g/mol. The Hall–Kier alpha value is -2.92. The van der Waals surface area contributed by atoms with Gasteiger partial charge in [0.05, 0.1) is 10.6 Å². The van der Waals surface area contributed by atoms with Gasteiger partial charge in [0.2, 0.25) is 6.10 Å². The van der Waals surface area contributed by atoms with E-state index in [4.69, 9.17) is 31.1 Å². The highest BCUT2D eigenvalue weighted by Crippen LogP contribution is 2.36. The average Bonchev–Trinajstić information content (AvgIpc) is 2.61. The highest BCUT2D eigenvalue weighted by Gasteiger charge is 2.31. The largest absolute Gasteiger partial charge is 0.486 e. The number of carbonyl (C=O) groups excluding carboxylic acids is 1. The van der Waals surface area contributed by atoms with E-state index in [9.17, 15) is 18.0 Å². The molecule has 0 spiro atoms. The summed E-state index contributed by atoms with van der Waals surface area (Å²) in [7, 11) is 0. The summed E-state index contributed by atoms with van der Waals surface area (Å²) in [6.07, 6.45) is -6.28. The van der Waals surface area contributed by atoms with Gasteiger partial charge in [-0.25, -0.2) is 0 Å². The normalized spacial score (nSPS) is 13.2. The van der Waals surface area contributed by atoms with Crippen LogP contribution in [0.25, 0.3) is 0 Å². The van der Waals surface area contributed by atoms with Crippen molar-refractivity contribution in [1.82, 2.24) is 0 Å². The van der Waals surface area contributed by atoms with Gasteiger partial charge in [-0.1, -0.05) is 11.6 Å². The second-order valence-corrected chi connectivity index (χ2v) is 6.11. The third-order valence-electron chi connectivity index (χ3n) is 3.48. The Kier molecular flexibility index (Phi) is 6.75. The number of rotatable bonds is 6. The molecule has 0 N–H and O–H groups in total. The van der Waals surface area contributed by atoms with E-state index in [-0.39, 0.29) is 10.8 Å². The van der Waals surface area contributed by atoms with E-state index in [1.165, 1.54) is 31.2 Å². The van der Waals surface area contributed by atoms with Gasteiger partial charge in [-0.3, -0.25) is 4.79 Å². The number of nitriles is 1. The van der Waals surface area contributed by atoms with Crippen molar-refractivity contribution in [3.05, 3.63) is 53.1 Å². The Morgan fingerprint density at radius 1 is 1.14 bits per heavy atom. The molecule has 0 saturated heterocycles. The van der Waals surface area contributed by atoms with Gasteiger partial charge in [0.15, 0.2) is 0 Å². The van der Waals surface area contributed by atoms with Gasteiger partial charge in [-0.2, -0.15) is 18.4 Å². The molecule has 0 fully saturated rings. The molecule has 2 atom stereocenters. The number of esters is 1. The predicted molar refractivity (Wildman–Crippen MR) is 94.2 cm³/mol. The fourth-order valence-electron chi connectivity index (χ4n) is 2.16. The monoisotopic (exact) mass is 413 g/mol. The summed E-state index contributed by atoms with van der Waals surface area (Å²) >= 11 is 5.86. The highest BCUT2D eigenvalue weighted by molar-refractivity contribution is 6.32. The molecule has 0 aliphatic rings. The van der Waals surface area contributed by atoms with Crippen molar-refractivity contribution in [1.29, 1.82) is 5.26 Å². The van der Waals surface area contributed by atoms with Crippen molar-refractivity contribution < 1.29 is 32.2 Å². The summed E-state index contributed by atoms with van der Waals surface area (Å²) in [5.41, 5.74) is -0.873. The number of halogens is 4. The van der Waals surface area contributed by atoms with Crippen LogP contribution < -0.4 is 9.47 Å². The minimum Gasteiger partial charge on any atom is -0.486 e. The molecule has 0 radical (unpaired) electrons. The van der Waals surface area contributed by atoms with Crippen molar-refractivity contribution in [2.24, 2.45) is 0 Å². The Bertz CT molecular complexity index is 878. The number of hydrogen-bond donors (Lipinski definition) is 0. The molecule has 9 heteroatoms. The number of ether oxygens (including phenoxy) is 3. The minimum absolute atomic E-state index is 0.0658. The van der Waals surface area contributed by atoms with Crippen LogP contribution in [-0.4, -0.2) is 18.2 Å². The third-order valence-corrected chi connectivity index (χ3v) is 3.77. The average molecular weight is 414 g/mol. The molecule has 2 aromatic carbocycles. The van der Waals surface area contributed by atoms with E-state index in [1.807, 2.05) is 6.07 Å². The molecule has 0 aliphatic carbocycles. The molecule has 0 heterocycles. The van der Waals surface area contributed by atoms with Gasteiger partial charge in [-0.15, -0.1) is 0 Å². The first-order valence-electron chi connectivity index (χ1n) is 7.98. The fraction of sp³-hybridized carbons (Fsp3) is 0.263. The molecule has 0 saturated carbocycles. The van der Waals surface area contributed by atoms with Crippen LogP contribution in [0.4, 0.5) is 13.2 Å². The van der Waals surface area contributed by atoms with Gasteiger partial charge < -0.3 is 14.2 Å². The standard InChI is InChI=1S/C19H15ClF3NO4/c1-11(18(10-24)27-12(2)25)26-14-4-6-15(7-5-14)28-17-8-3-13(9-16(17)20)19(21,22)23/h3-9,11,18H,1-2H3. The summed E-state index contributed by atoms with van der Waals surface area (Å²) in [4.78, 5) is 11.0. The van der Waals surface area contributed by atoms with Gasteiger partial charge in [0, 0.05) is 6.92 Å². The van der Waals surface area contributed by atoms with Crippen LogP contribution >= 0.6 is 11.6 Å². The summed E-state index contributed by atoms with van der Waals surface area (Å²) in [6, 6.07) is 10.7. The Balaban J connectivity index is 2.05. The molecule has 2 rings (SSSR count). The van der Waals surface area contributed by atoms with Gasteiger partial charge in [0.1, 0.15) is 29.4 Å². The van der Waals surface area contributed by atoms with Crippen molar-refractivity contribution in [3.63, 3.8) is 0 Å². The first-order valence-corrected chi connectivity index (χ1v) is 8.36. The Labute approximate surface area is 164 Å². The SMILES string of the molecule is CC(=O)OC(C#N)C(C)Oc1ccc(Oc2ccc(C(F)(F)F)cc2Cl)cc1. The quantitative estimate of drug-likeness (QED) is 0.595. The molecule has 0 bridgehead atoms. The van der Waals surface area contributed by atoms with Crippen LogP contribution in [0.5, 0.6) is 17.2 Å². The maximum Gasteiger partial charge on any atom is 0.416 e. The Morgan fingerprint density at radius 3 is 2.25 bits per heavy atom. The molecule has 5 nitrogen and oxygen atoms in total. The molecule has 0 aromatic heterocycles. The molecule has 0 amide bonds. The van der Waals surface area contributed by atoms with E-state index >= 15 is 0 Å². The van der Waals surface area contributed by atoms with Crippen LogP contribution in [0.3, 0.4) is 0 Å². The first kappa shape index (κ1) is 21.4. The van der Waals surface area contributed by atoms with Crippen LogP contribution in [0.15, 0.2) is 42.5 Å². The van der Waals surface area contributed by atoms with E-state index in [0.717, 1.165) is 18.2 Å². The van der Waals surface area contributed by atoms with Gasteiger partial charge in [0.25, 0.3) is 0 Å². The zero-order chi connectivity index (χ0) is 20.9. The lowest BCUT2D eigenvalue weighted by Crippen LogP contribution is -2.31. The number of hydrogen-bond acceptors (Lipinski definition) is 5. The van der Waals surface area contributed by atoms with Gasteiger partial charge in [-0.05, 0) is 49.4 Å². The molecule has 2 unspecified atom stereocenters. The van der Waals surface area contributed by atoms with Crippen molar-refractivity contribution >= 4 is 17.6 Å². The van der Waals surface area contributed by atoms with Crippen LogP contribution in [-0.2, 0) is 15.7 Å². The number of benzene rings is 2.